The third kappa shape index (κ3) is 8.65. The summed E-state index contributed by atoms with van der Waals surface area (Å²) in [5, 5.41) is 8.55. The Balaban J connectivity index is 2.07. The molecule has 3 aliphatic rings. The van der Waals surface area contributed by atoms with Crippen molar-refractivity contribution in [1.82, 2.24) is 20.9 Å². The molecule has 2 heterocycles. The Kier molecular flexibility index (Phi) is 12.3. The second kappa shape index (κ2) is 15.5. The number of fused-ring (bicyclic) bond motifs is 2. The molecule has 9 unspecified atom stereocenters. The van der Waals surface area contributed by atoms with E-state index in [9.17, 15) is 28.8 Å². The van der Waals surface area contributed by atoms with Gasteiger partial charge in [0.2, 0.25) is 5.91 Å². The quantitative estimate of drug-likeness (QED) is 0.200. The minimum atomic E-state index is -1.36. The predicted molar refractivity (Wildman–Crippen MR) is 151 cm³/mol. The van der Waals surface area contributed by atoms with Crippen molar-refractivity contribution in [2.45, 2.75) is 123 Å². The number of amides is 3. The van der Waals surface area contributed by atoms with Crippen LogP contribution in [0.5, 0.6) is 0 Å². The van der Waals surface area contributed by atoms with E-state index in [1.807, 2.05) is 4.90 Å². The zero-order chi connectivity index (χ0) is 31.8. The van der Waals surface area contributed by atoms with Gasteiger partial charge in [-0.25, -0.2) is 4.79 Å². The summed E-state index contributed by atoms with van der Waals surface area (Å²) < 4.78 is 22.6. The fraction of sp³-hybridized carbons (Fsp3) is 0.793. The standard InChI is InChI=1S/C29H46N4O10/c1-7-21(34)40-14-20(42-23(36)9-3)26(43-24(37)10-4)19(41-22(35)8-2)13-33-18-12-16(6)15(5)11-17(18)30-25-27(33)31-29(39)32-28(25)38/h15-20,25-27,30H,7-14H2,1-6H3,(H2,31,32,38,39). The summed E-state index contributed by atoms with van der Waals surface area (Å²) in [4.78, 5) is 77.4. The first-order valence-corrected chi connectivity index (χ1v) is 15.3. The van der Waals surface area contributed by atoms with Crippen LogP contribution in [0.2, 0.25) is 0 Å². The molecule has 0 aromatic carbocycles. The highest BCUT2D eigenvalue weighted by atomic mass is 16.6. The summed E-state index contributed by atoms with van der Waals surface area (Å²) in [7, 11) is 0. The minimum Gasteiger partial charge on any atom is -0.462 e. The van der Waals surface area contributed by atoms with Crippen LogP contribution >= 0.6 is 0 Å². The number of piperazine rings is 1. The molecule has 3 amide bonds. The number of rotatable bonds is 13. The first-order valence-electron chi connectivity index (χ1n) is 15.3. The maximum absolute atomic E-state index is 13.0. The average molecular weight is 611 g/mol. The van der Waals surface area contributed by atoms with E-state index in [-0.39, 0.29) is 44.3 Å². The predicted octanol–water partition coefficient (Wildman–Crippen LogP) is 1.15. The molecule has 0 radical (unpaired) electrons. The molecule has 3 N–H and O–H groups in total. The van der Waals surface area contributed by atoms with Gasteiger partial charge >= 0.3 is 29.9 Å². The smallest absolute Gasteiger partial charge is 0.322 e. The Morgan fingerprint density at radius 2 is 1.37 bits per heavy atom. The monoisotopic (exact) mass is 610 g/mol. The van der Waals surface area contributed by atoms with E-state index in [0.29, 0.717) is 11.8 Å². The zero-order valence-electron chi connectivity index (χ0n) is 25.9. The summed E-state index contributed by atoms with van der Waals surface area (Å²) in [5.74, 6) is -2.26. The van der Waals surface area contributed by atoms with Crippen LogP contribution in [0.15, 0.2) is 0 Å². The molecule has 1 saturated carbocycles. The number of hydrogen-bond acceptors (Lipinski definition) is 12. The molecule has 0 aromatic heterocycles. The third-order valence-corrected chi connectivity index (χ3v) is 8.49. The summed E-state index contributed by atoms with van der Waals surface area (Å²) >= 11 is 0. The second-order valence-corrected chi connectivity index (χ2v) is 11.5. The van der Waals surface area contributed by atoms with Crippen LogP contribution < -0.4 is 16.0 Å². The lowest BCUT2D eigenvalue weighted by Gasteiger charge is -2.55. The molecule has 14 heteroatoms. The molecule has 1 aliphatic carbocycles. The van der Waals surface area contributed by atoms with Crippen molar-refractivity contribution < 1.29 is 47.7 Å². The van der Waals surface area contributed by atoms with E-state index in [1.54, 1.807) is 27.7 Å². The zero-order valence-corrected chi connectivity index (χ0v) is 25.9. The molecule has 9 atom stereocenters. The molecule has 2 aliphatic heterocycles. The van der Waals surface area contributed by atoms with Crippen LogP contribution in [0.4, 0.5) is 4.79 Å². The molecule has 0 spiro atoms. The van der Waals surface area contributed by atoms with E-state index in [1.165, 1.54) is 0 Å². The van der Waals surface area contributed by atoms with Gasteiger partial charge in [0.1, 0.15) is 18.8 Å². The lowest BCUT2D eigenvalue weighted by Crippen LogP contribution is -2.80. The number of carbonyl (C=O) groups is 6. The highest BCUT2D eigenvalue weighted by molar-refractivity contribution is 6.00. The maximum atomic E-state index is 13.0. The first-order chi connectivity index (χ1) is 20.4. The van der Waals surface area contributed by atoms with Gasteiger partial charge in [-0.2, -0.15) is 0 Å². The molecule has 3 fully saturated rings. The van der Waals surface area contributed by atoms with Crippen molar-refractivity contribution in [3.05, 3.63) is 0 Å². The second-order valence-electron chi connectivity index (χ2n) is 11.5. The Bertz CT molecular complexity index is 1050. The molecule has 242 valence electrons. The summed E-state index contributed by atoms with van der Waals surface area (Å²) in [6, 6.07) is -1.76. The van der Waals surface area contributed by atoms with Crippen LogP contribution in [-0.2, 0) is 42.9 Å². The normalized spacial score (nSPS) is 29.0. The fourth-order valence-electron chi connectivity index (χ4n) is 5.85. The lowest BCUT2D eigenvalue weighted by molar-refractivity contribution is -0.195. The Morgan fingerprint density at radius 3 is 1.98 bits per heavy atom. The maximum Gasteiger partial charge on any atom is 0.322 e. The van der Waals surface area contributed by atoms with Crippen molar-refractivity contribution in [3.63, 3.8) is 0 Å². The van der Waals surface area contributed by atoms with Gasteiger partial charge in [-0.1, -0.05) is 41.5 Å². The van der Waals surface area contributed by atoms with Crippen molar-refractivity contribution in [1.29, 1.82) is 0 Å². The number of esters is 4. The van der Waals surface area contributed by atoms with Crippen LogP contribution in [-0.4, -0.2) is 96.5 Å². The van der Waals surface area contributed by atoms with Gasteiger partial charge in [0.25, 0.3) is 0 Å². The Hall–Kier alpha value is -3.26. The van der Waals surface area contributed by atoms with Crippen molar-refractivity contribution in [2.75, 3.05) is 13.2 Å². The van der Waals surface area contributed by atoms with Crippen molar-refractivity contribution in [2.24, 2.45) is 11.8 Å². The molecule has 43 heavy (non-hydrogen) atoms. The number of imide groups is 1. The SMILES string of the molecule is CCC(=O)OCC(OC(=O)CC)C(OC(=O)CC)C(CN1C2CC(C)C(C)CC2NC2C(=O)NC(=O)NC21)OC(=O)CC. The summed E-state index contributed by atoms with van der Waals surface area (Å²) in [6.45, 7) is 10.2. The molecular weight excluding hydrogens is 564 g/mol. The number of urea groups is 1. The summed E-state index contributed by atoms with van der Waals surface area (Å²) in [5.41, 5.74) is 0. The molecule has 14 nitrogen and oxygen atoms in total. The van der Waals surface area contributed by atoms with Gasteiger partial charge in [0.15, 0.2) is 18.3 Å². The van der Waals surface area contributed by atoms with E-state index in [2.05, 4.69) is 29.8 Å². The van der Waals surface area contributed by atoms with Gasteiger partial charge in [-0.3, -0.25) is 39.5 Å². The van der Waals surface area contributed by atoms with Crippen LogP contribution in [0, 0.1) is 11.8 Å². The molecule has 0 bridgehead atoms. The molecule has 2 saturated heterocycles. The van der Waals surface area contributed by atoms with Crippen LogP contribution in [0.1, 0.15) is 80.1 Å². The number of nitrogens with one attached hydrogen (secondary N) is 3. The Labute approximate surface area is 252 Å². The van der Waals surface area contributed by atoms with Gasteiger partial charge in [-0.05, 0) is 24.7 Å². The first kappa shape index (κ1) is 34.2. The highest BCUT2D eigenvalue weighted by Gasteiger charge is 2.52. The highest BCUT2D eigenvalue weighted by Crippen LogP contribution is 2.37. The van der Waals surface area contributed by atoms with Gasteiger partial charge < -0.3 is 24.3 Å². The van der Waals surface area contributed by atoms with Crippen molar-refractivity contribution in [3.8, 4) is 0 Å². The largest absolute Gasteiger partial charge is 0.462 e. The molecule has 0 aromatic rings. The van der Waals surface area contributed by atoms with E-state index in [4.69, 9.17) is 18.9 Å². The van der Waals surface area contributed by atoms with Gasteiger partial charge in [0.05, 0.1) is 0 Å². The van der Waals surface area contributed by atoms with Gasteiger partial charge in [-0.15, -0.1) is 0 Å². The molecular formula is C29H46N4O10. The number of nitrogens with zero attached hydrogens (tertiary/aromatic N) is 1. The fourth-order valence-corrected chi connectivity index (χ4v) is 5.85. The number of hydrogen-bond donors (Lipinski definition) is 3. The third-order valence-electron chi connectivity index (χ3n) is 8.49. The van der Waals surface area contributed by atoms with E-state index < -0.39 is 72.9 Å². The van der Waals surface area contributed by atoms with E-state index >= 15 is 0 Å². The number of carbonyl (C=O) groups excluding carboxylic acids is 6. The number of ether oxygens (including phenoxy) is 4. The molecule has 3 rings (SSSR count). The Morgan fingerprint density at radius 1 is 0.814 bits per heavy atom. The average Bonchev–Trinajstić information content (AvgIpc) is 2.98. The van der Waals surface area contributed by atoms with E-state index in [0.717, 1.165) is 12.8 Å². The van der Waals surface area contributed by atoms with Crippen LogP contribution in [0.3, 0.4) is 0 Å². The van der Waals surface area contributed by atoms with Crippen molar-refractivity contribution >= 4 is 35.8 Å². The van der Waals surface area contributed by atoms with Crippen LogP contribution in [0.25, 0.3) is 0 Å². The lowest BCUT2D eigenvalue weighted by atomic mass is 9.73. The minimum absolute atomic E-state index is 0.00251. The topological polar surface area (TPSA) is 179 Å². The summed E-state index contributed by atoms with van der Waals surface area (Å²) in [6.07, 6.45) is -3.15. The van der Waals surface area contributed by atoms with Gasteiger partial charge in [0, 0.05) is 44.3 Å².